The van der Waals surface area contributed by atoms with E-state index < -0.39 is 0 Å². The summed E-state index contributed by atoms with van der Waals surface area (Å²) in [6.45, 7) is 3.75. The lowest BCUT2D eigenvalue weighted by Crippen LogP contribution is -2.45. The van der Waals surface area contributed by atoms with Crippen LogP contribution in [0, 0.1) is 23.7 Å². The molecule has 0 radical (unpaired) electrons. The second-order valence-corrected chi connectivity index (χ2v) is 6.76. The lowest BCUT2D eigenvalue weighted by molar-refractivity contribution is -0.136. The summed E-state index contributed by atoms with van der Waals surface area (Å²) in [4.78, 5) is 15.0. The Labute approximate surface area is 116 Å². The molecule has 0 aromatic carbocycles. The van der Waals surface area contributed by atoms with Crippen LogP contribution in [0.4, 0.5) is 0 Å². The number of carbonyl (C=O) groups excluding carboxylic acids is 1. The molecule has 3 rings (SSSR count). The third-order valence-corrected chi connectivity index (χ3v) is 5.89. The summed E-state index contributed by atoms with van der Waals surface area (Å²) in [5, 5.41) is 0. The van der Waals surface area contributed by atoms with Gasteiger partial charge in [-0.05, 0) is 56.9 Å². The van der Waals surface area contributed by atoms with Crippen LogP contribution in [0.5, 0.6) is 0 Å². The molecule has 0 aromatic rings. The number of hydrogen-bond acceptors (Lipinski definition) is 2. The number of rotatable bonds is 4. The Bertz CT molecular complexity index is 332. The first-order chi connectivity index (χ1) is 9.27. The number of nitrogens with zero attached hydrogens (tertiary/aromatic N) is 1. The molecule has 1 amide bonds. The Morgan fingerprint density at radius 3 is 2.37 bits per heavy atom. The second kappa shape index (κ2) is 5.43. The van der Waals surface area contributed by atoms with E-state index in [2.05, 4.69) is 11.8 Å². The maximum absolute atomic E-state index is 12.8. The molecule has 0 spiro atoms. The first kappa shape index (κ1) is 13.4. The predicted octanol–water partition coefficient (Wildman–Crippen LogP) is 2.40. The third-order valence-electron chi connectivity index (χ3n) is 5.89. The Balaban J connectivity index is 1.67. The van der Waals surface area contributed by atoms with Gasteiger partial charge in [-0.2, -0.15) is 0 Å². The summed E-state index contributed by atoms with van der Waals surface area (Å²) in [6.07, 6.45) is 8.89. The molecule has 0 bridgehead atoms. The van der Waals surface area contributed by atoms with Crippen LogP contribution >= 0.6 is 0 Å². The highest BCUT2D eigenvalue weighted by molar-refractivity contribution is 5.82. The van der Waals surface area contributed by atoms with Crippen LogP contribution in [-0.2, 0) is 4.79 Å². The molecule has 3 saturated carbocycles. The highest BCUT2D eigenvalue weighted by Gasteiger charge is 2.56. The third kappa shape index (κ3) is 2.31. The minimum atomic E-state index is 0.376. The molecule has 3 heteroatoms. The average molecular weight is 264 g/mol. The van der Waals surface area contributed by atoms with E-state index in [0.29, 0.717) is 23.8 Å². The van der Waals surface area contributed by atoms with Crippen molar-refractivity contribution < 1.29 is 4.79 Å². The van der Waals surface area contributed by atoms with E-state index in [-0.39, 0.29) is 0 Å². The number of fused-ring (bicyclic) bond motifs is 1. The topological polar surface area (TPSA) is 46.3 Å². The van der Waals surface area contributed by atoms with Crippen molar-refractivity contribution in [3.8, 4) is 0 Å². The van der Waals surface area contributed by atoms with Crippen molar-refractivity contribution in [2.75, 3.05) is 13.1 Å². The molecule has 0 heterocycles. The molecule has 2 N–H and O–H groups in total. The summed E-state index contributed by atoms with van der Waals surface area (Å²) in [6, 6.07) is 0.435. The second-order valence-electron chi connectivity index (χ2n) is 6.76. The van der Waals surface area contributed by atoms with E-state index in [1.807, 2.05) is 0 Å². The number of hydrogen-bond donors (Lipinski definition) is 1. The molecule has 0 saturated heterocycles. The van der Waals surface area contributed by atoms with Gasteiger partial charge in [0.05, 0.1) is 0 Å². The number of nitrogens with two attached hydrogens (primary N) is 1. The van der Waals surface area contributed by atoms with Crippen molar-refractivity contribution in [2.45, 2.75) is 57.9 Å². The fourth-order valence-electron chi connectivity index (χ4n) is 4.81. The van der Waals surface area contributed by atoms with Crippen molar-refractivity contribution in [2.24, 2.45) is 29.4 Å². The van der Waals surface area contributed by atoms with Gasteiger partial charge < -0.3 is 10.6 Å². The van der Waals surface area contributed by atoms with Crippen LogP contribution in [0.25, 0.3) is 0 Å². The van der Waals surface area contributed by atoms with E-state index in [9.17, 15) is 4.79 Å². The fraction of sp³-hybridized carbons (Fsp3) is 0.938. The molecular formula is C16H28N2O. The first-order valence-corrected chi connectivity index (χ1v) is 8.28. The van der Waals surface area contributed by atoms with Crippen LogP contribution in [0.1, 0.15) is 51.9 Å². The minimum Gasteiger partial charge on any atom is -0.339 e. The van der Waals surface area contributed by atoms with Gasteiger partial charge in [0.2, 0.25) is 5.91 Å². The smallest absolute Gasteiger partial charge is 0.226 e. The van der Waals surface area contributed by atoms with Crippen molar-refractivity contribution >= 4 is 5.91 Å². The average Bonchev–Trinajstić information content (AvgIpc) is 2.99. The quantitative estimate of drug-likeness (QED) is 0.847. The Morgan fingerprint density at radius 1 is 1.11 bits per heavy atom. The van der Waals surface area contributed by atoms with Gasteiger partial charge in [0.15, 0.2) is 0 Å². The molecule has 3 aliphatic carbocycles. The summed E-state index contributed by atoms with van der Waals surface area (Å²) in [7, 11) is 0. The van der Waals surface area contributed by atoms with Crippen LogP contribution in [0.3, 0.4) is 0 Å². The molecule has 3 fully saturated rings. The molecule has 3 nitrogen and oxygen atoms in total. The van der Waals surface area contributed by atoms with Gasteiger partial charge in [-0.1, -0.05) is 19.3 Å². The minimum absolute atomic E-state index is 0.376. The number of amides is 1. The summed E-state index contributed by atoms with van der Waals surface area (Å²) < 4.78 is 0. The summed E-state index contributed by atoms with van der Waals surface area (Å²) in [5.41, 5.74) is 5.89. The maximum Gasteiger partial charge on any atom is 0.226 e. The highest BCUT2D eigenvalue weighted by Crippen LogP contribution is 2.56. The standard InChI is InChI=1S/C16H28N2O/c1-2-18(14-9-5-6-11(14)10-17)16(19)15-12-7-3-4-8-13(12)15/h11-15H,2-10,17H2,1H3. The van der Waals surface area contributed by atoms with E-state index in [4.69, 9.17) is 5.73 Å². The molecule has 3 aliphatic rings. The molecule has 108 valence electrons. The van der Waals surface area contributed by atoms with Crippen molar-refractivity contribution in [1.29, 1.82) is 0 Å². The first-order valence-electron chi connectivity index (χ1n) is 8.28. The highest BCUT2D eigenvalue weighted by atomic mass is 16.2. The van der Waals surface area contributed by atoms with Crippen LogP contribution in [0.15, 0.2) is 0 Å². The molecule has 0 aliphatic heterocycles. The molecule has 0 aromatic heterocycles. The zero-order valence-electron chi connectivity index (χ0n) is 12.2. The monoisotopic (exact) mass is 264 g/mol. The van der Waals surface area contributed by atoms with E-state index in [1.165, 1.54) is 44.9 Å². The van der Waals surface area contributed by atoms with Crippen molar-refractivity contribution in [3.63, 3.8) is 0 Å². The van der Waals surface area contributed by atoms with E-state index >= 15 is 0 Å². The Hall–Kier alpha value is -0.570. The fourth-order valence-corrected chi connectivity index (χ4v) is 4.81. The SMILES string of the molecule is CCN(C(=O)C1C2CCCCC21)C1CCCC1CN. The van der Waals surface area contributed by atoms with Crippen LogP contribution in [0.2, 0.25) is 0 Å². The normalized spacial score (nSPS) is 40.8. The van der Waals surface area contributed by atoms with Crippen LogP contribution in [-0.4, -0.2) is 29.9 Å². The Kier molecular flexibility index (Phi) is 3.84. The van der Waals surface area contributed by atoms with Gasteiger partial charge in [0.25, 0.3) is 0 Å². The lowest BCUT2D eigenvalue weighted by Gasteiger charge is -2.32. The zero-order chi connectivity index (χ0) is 13.4. The predicted molar refractivity (Wildman–Crippen MR) is 76.5 cm³/mol. The van der Waals surface area contributed by atoms with Gasteiger partial charge in [0, 0.05) is 18.5 Å². The molecular weight excluding hydrogens is 236 g/mol. The number of carbonyl (C=O) groups is 1. The molecule has 19 heavy (non-hydrogen) atoms. The van der Waals surface area contributed by atoms with Crippen molar-refractivity contribution in [1.82, 2.24) is 4.90 Å². The van der Waals surface area contributed by atoms with Gasteiger partial charge in [-0.15, -0.1) is 0 Å². The Morgan fingerprint density at radius 2 is 1.79 bits per heavy atom. The van der Waals surface area contributed by atoms with Crippen molar-refractivity contribution in [3.05, 3.63) is 0 Å². The zero-order valence-corrected chi connectivity index (χ0v) is 12.2. The lowest BCUT2D eigenvalue weighted by atomic mass is 10.0. The van der Waals surface area contributed by atoms with Crippen LogP contribution < -0.4 is 5.73 Å². The maximum atomic E-state index is 12.8. The van der Waals surface area contributed by atoms with Gasteiger partial charge in [-0.3, -0.25) is 4.79 Å². The van der Waals surface area contributed by atoms with E-state index in [0.717, 1.165) is 24.9 Å². The van der Waals surface area contributed by atoms with Gasteiger partial charge >= 0.3 is 0 Å². The van der Waals surface area contributed by atoms with E-state index in [1.54, 1.807) is 0 Å². The summed E-state index contributed by atoms with van der Waals surface area (Å²) >= 11 is 0. The summed E-state index contributed by atoms with van der Waals surface area (Å²) in [5.74, 6) is 2.84. The van der Waals surface area contributed by atoms with Gasteiger partial charge in [0.1, 0.15) is 0 Å². The molecule has 4 atom stereocenters. The van der Waals surface area contributed by atoms with Gasteiger partial charge in [-0.25, -0.2) is 0 Å². The molecule has 4 unspecified atom stereocenters. The largest absolute Gasteiger partial charge is 0.339 e.